The zero-order valence-electron chi connectivity index (χ0n) is 12.3. The molecule has 0 heterocycles. The molecule has 1 aromatic carbocycles. The minimum Gasteiger partial charge on any atom is -0.490 e. The van der Waals surface area contributed by atoms with Crippen LogP contribution in [-0.2, 0) is 5.41 Å². The third-order valence-electron chi connectivity index (χ3n) is 3.69. The number of hydrogen-bond donors (Lipinski definition) is 0. The van der Waals surface area contributed by atoms with Crippen LogP contribution < -0.4 is 4.74 Å². The molecule has 0 radical (unpaired) electrons. The van der Waals surface area contributed by atoms with Gasteiger partial charge in [-0.1, -0.05) is 20.8 Å². The molecule has 0 N–H and O–H groups in total. The molecule has 1 aromatic rings. The summed E-state index contributed by atoms with van der Waals surface area (Å²) in [5.74, 6) is -0.984. The van der Waals surface area contributed by atoms with E-state index in [4.69, 9.17) is 10.00 Å². The molecule has 1 fully saturated rings. The van der Waals surface area contributed by atoms with Crippen molar-refractivity contribution in [1.29, 1.82) is 5.26 Å². The van der Waals surface area contributed by atoms with Gasteiger partial charge in [0.2, 0.25) is 0 Å². The molecule has 1 aliphatic carbocycles. The second kappa shape index (κ2) is 4.73. The topological polar surface area (TPSA) is 33.0 Å². The SMILES string of the molecule is CC1(C#N)CC(Oc2cc(F)cc(F)c2C(C)(C)C)C1. The highest BCUT2D eigenvalue weighted by molar-refractivity contribution is 5.40. The molecule has 1 aliphatic rings. The van der Waals surface area contributed by atoms with Gasteiger partial charge in [-0.05, 0) is 12.3 Å². The molecule has 108 valence electrons. The van der Waals surface area contributed by atoms with E-state index in [2.05, 4.69) is 6.07 Å². The van der Waals surface area contributed by atoms with Crippen LogP contribution in [0.3, 0.4) is 0 Å². The lowest BCUT2D eigenvalue weighted by atomic mass is 9.69. The molecule has 0 aromatic heterocycles. The lowest BCUT2D eigenvalue weighted by Crippen LogP contribution is -2.41. The van der Waals surface area contributed by atoms with Crippen molar-refractivity contribution in [3.05, 3.63) is 29.3 Å². The molecule has 0 amide bonds. The molecule has 0 bridgehead atoms. The molecular weight excluding hydrogens is 260 g/mol. The van der Waals surface area contributed by atoms with Crippen LogP contribution in [0.1, 0.15) is 46.1 Å². The van der Waals surface area contributed by atoms with Crippen LogP contribution in [0, 0.1) is 28.4 Å². The molecule has 0 atom stereocenters. The van der Waals surface area contributed by atoms with Crippen LogP contribution >= 0.6 is 0 Å². The first kappa shape index (κ1) is 14.8. The van der Waals surface area contributed by atoms with Gasteiger partial charge in [0, 0.05) is 30.5 Å². The summed E-state index contributed by atoms with van der Waals surface area (Å²) in [5, 5.41) is 8.98. The Morgan fingerprint density at radius 3 is 2.40 bits per heavy atom. The summed E-state index contributed by atoms with van der Waals surface area (Å²) in [5.41, 5.74) is -0.474. The first-order chi connectivity index (χ1) is 9.14. The number of nitriles is 1. The number of ether oxygens (including phenoxy) is 1. The summed E-state index contributed by atoms with van der Waals surface area (Å²) in [6.07, 6.45) is 1.03. The highest BCUT2D eigenvalue weighted by atomic mass is 19.1. The number of benzene rings is 1. The van der Waals surface area contributed by atoms with Crippen molar-refractivity contribution >= 4 is 0 Å². The van der Waals surface area contributed by atoms with E-state index in [0.717, 1.165) is 6.07 Å². The van der Waals surface area contributed by atoms with Gasteiger partial charge < -0.3 is 4.74 Å². The van der Waals surface area contributed by atoms with Gasteiger partial charge in [-0.2, -0.15) is 5.26 Å². The summed E-state index contributed by atoms with van der Waals surface area (Å²) in [4.78, 5) is 0. The molecule has 0 aliphatic heterocycles. The van der Waals surface area contributed by atoms with Gasteiger partial charge in [0.15, 0.2) is 0 Å². The maximum atomic E-state index is 14.0. The Balaban J connectivity index is 2.27. The summed E-state index contributed by atoms with van der Waals surface area (Å²) in [6, 6.07) is 4.34. The predicted octanol–water partition coefficient (Wildman–Crippen LogP) is 4.33. The van der Waals surface area contributed by atoms with E-state index < -0.39 is 17.0 Å². The lowest BCUT2D eigenvalue weighted by molar-refractivity contribution is 0.0322. The van der Waals surface area contributed by atoms with Gasteiger partial charge in [-0.3, -0.25) is 0 Å². The number of halogens is 2. The summed E-state index contributed by atoms with van der Waals surface area (Å²) in [6.45, 7) is 7.44. The van der Waals surface area contributed by atoms with Gasteiger partial charge in [0.25, 0.3) is 0 Å². The maximum absolute atomic E-state index is 14.0. The van der Waals surface area contributed by atoms with Gasteiger partial charge in [-0.25, -0.2) is 8.78 Å². The summed E-state index contributed by atoms with van der Waals surface area (Å²) >= 11 is 0. The zero-order chi connectivity index (χ0) is 15.1. The Morgan fingerprint density at radius 1 is 1.30 bits per heavy atom. The van der Waals surface area contributed by atoms with Gasteiger partial charge >= 0.3 is 0 Å². The Bertz CT molecular complexity index is 563. The molecule has 20 heavy (non-hydrogen) atoms. The first-order valence-electron chi connectivity index (χ1n) is 6.72. The average molecular weight is 279 g/mol. The standard InChI is InChI=1S/C16H19F2NO/c1-15(2,3)14-12(18)5-10(17)6-13(14)20-11-7-16(4,8-11)9-19/h5-6,11H,7-8H2,1-4H3. The second-order valence-electron chi connectivity index (χ2n) is 6.83. The second-order valence-corrected chi connectivity index (χ2v) is 6.83. The van der Waals surface area contributed by atoms with Crippen molar-refractivity contribution < 1.29 is 13.5 Å². The van der Waals surface area contributed by atoms with Crippen LogP contribution in [0.4, 0.5) is 8.78 Å². The van der Waals surface area contributed by atoms with E-state index >= 15 is 0 Å². The highest BCUT2D eigenvalue weighted by Crippen LogP contribution is 2.44. The van der Waals surface area contributed by atoms with Gasteiger partial charge in [0.05, 0.1) is 11.5 Å². The summed E-state index contributed by atoms with van der Waals surface area (Å²) in [7, 11) is 0. The molecule has 2 rings (SSSR count). The highest BCUT2D eigenvalue weighted by Gasteiger charge is 2.42. The van der Waals surface area contributed by atoms with Gasteiger partial charge in [0.1, 0.15) is 23.5 Å². The third-order valence-corrected chi connectivity index (χ3v) is 3.69. The monoisotopic (exact) mass is 279 g/mol. The fraction of sp³-hybridized carbons (Fsp3) is 0.562. The van der Waals surface area contributed by atoms with Gasteiger partial charge in [-0.15, -0.1) is 0 Å². The van der Waals surface area contributed by atoms with Crippen molar-refractivity contribution in [2.75, 3.05) is 0 Å². The minimum absolute atomic E-state index is 0.151. The normalized spacial score (nSPS) is 25.8. The minimum atomic E-state index is -0.645. The Hall–Kier alpha value is -1.63. The van der Waals surface area contributed by atoms with Crippen LogP contribution in [0.25, 0.3) is 0 Å². The summed E-state index contributed by atoms with van der Waals surface area (Å²) < 4.78 is 33.2. The Morgan fingerprint density at radius 2 is 1.90 bits per heavy atom. The van der Waals surface area contributed by atoms with Crippen molar-refractivity contribution in [3.63, 3.8) is 0 Å². The van der Waals surface area contributed by atoms with Crippen molar-refractivity contribution in [1.82, 2.24) is 0 Å². The maximum Gasteiger partial charge on any atom is 0.133 e. The van der Waals surface area contributed by atoms with E-state index in [9.17, 15) is 8.78 Å². The Kier molecular flexibility index (Phi) is 3.49. The quantitative estimate of drug-likeness (QED) is 0.807. The Labute approximate surface area is 118 Å². The lowest BCUT2D eigenvalue weighted by Gasteiger charge is -2.40. The van der Waals surface area contributed by atoms with Crippen LogP contribution in [-0.4, -0.2) is 6.10 Å². The van der Waals surface area contributed by atoms with E-state index in [1.807, 2.05) is 27.7 Å². The van der Waals surface area contributed by atoms with Crippen molar-refractivity contribution in [2.45, 2.75) is 52.1 Å². The van der Waals surface area contributed by atoms with E-state index in [0.29, 0.717) is 18.4 Å². The zero-order valence-corrected chi connectivity index (χ0v) is 12.3. The van der Waals surface area contributed by atoms with Crippen LogP contribution in [0.5, 0.6) is 5.75 Å². The van der Waals surface area contributed by atoms with Crippen molar-refractivity contribution in [2.24, 2.45) is 5.41 Å². The van der Waals surface area contributed by atoms with E-state index in [1.54, 1.807) is 0 Å². The number of hydrogen-bond acceptors (Lipinski definition) is 2. The molecule has 2 nitrogen and oxygen atoms in total. The number of nitrogens with zero attached hydrogens (tertiary/aromatic N) is 1. The van der Waals surface area contributed by atoms with Crippen LogP contribution in [0.15, 0.2) is 12.1 Å². The molecule has 4 heteroatoms. The fourth-order valence-electron chi connectivity index (χ4n) is 2.67. The van der Waals surface area contributed by atoms with E-state index in [1.165, 1.54) is 6.07 Å². The molecule has 0 unspecified atom stereocenters. The van der Waals surface area contributed by atoms with Crippen LogP contribution in [0.2, 0.25) is 0 Å². The van der Waals surface area contributed by atoms with E-state index in [-0.39, 0.29) is 17.3 Å². The smallest absolute Gasteiger partial charge is 0.133 e. The molecule has 1 saturated carbocycles. The van der Waals surface area contributed by atoms with Crippen molar-refractivity contribution in [3.8, 4) is 11.8 Å². The largest absolute Gasteiger partial charge is 0.490 e. The number of rotatable bonds is 2. The third kappa shape index (κ3) is 2.77. The predicted molar refractivity (Wildman–Crippen MR) is 72.4 cm³/mol. The molecule has 0 spiro atoms. The molecular formula is C16H19F2NO. The fourth-order valence-corrected chi connectivity index (χ4v) is 2.67. The molecule has 0 saturated heterocycles. The first-order valence-corrected chi connectivity index (χ1v) is 6.72. The average Bonchev–Trinajstić information content (AvgIpc) is 2.23.